The van der Waals surface area contributed by atoms with Gasteiger partial charge in [-0.1, -0.05) is 30.3 Å². The van der Waals surface area contributed by atoms with E-state index in [1.54, 1.807) is 6.20 Å². The molecule has 0 aliphatic carbocycles. The molecule has 1 atom stereocenters. The van der Waals surface area contributed by atoms with Crippen LogP contribution in [-0.2, 0) is 6.54 Å². The lowest BCUT2D eigenvalue weighted by atomic mass is 10.1. The van der Waals surface area contributed by atoms with Gasteiger partial charge in [0, 0.05) is 23.0 Å². The fourth-order valence-electron chi connectivity index (χ4n) is 2.32. The Bertz CT molecular complexity index is 784. The third kappa shape index (κ3) is 3.85. The Labute approximate surface area is 138 Å². The second kappa shape index (κ2) is 7.21. The molecule has 3 aromatic rings. The topological polar surface area (TPSA) is 74.2 Å². The zero-order chi connectivity index (χ0) is 16.1. The van der Waals surface area contributed by atoms with E-state index in [9.17, 15) is 9.90 Å². The highest BCUT2D eigenvalue weighted by Gasteiger charge is 2.10. The van der Waals surface area contributed by atoms with Gasteiger partial charge in [-0.3, -0.25) is 4.98 Å². The average Bonchev–Trinajstić information content (AvgIpc) is 3.12. The number of amides is 2. The van der Waals surface area contributed by atoms with Crippen LogP contribution in [0.4, 0.5) is 4.79 Å². The third-order valence-electron chi connectivity index (χ3n) is 3.48. The number of benzene rings is 1. The molecule has 0 fully saturated rings. The van der Waals surface area contributed by atoms with Gasteiger partial charge in [-0.25, -0.2) is 4.79 Å². The SMILES string of the molecule is O=C(NCc1cccc2cccnc12)NC[C@@H](O)c1cccs1. The molecule has 3 N–H and O–H groups in total. The van der Waals surface area contributed by atoms with Crippen molar-refractivity contribution in [3.63, 3.8) is 0 Å². The number of pyridine rings is 1. The average molecular weight is 327 g/mol. The molecule has 0 saturated heterocycles. The molecule has 0 unspecified atom stereocenters. The molecule has 2 aromatic heterocycles. The first-order valence-electron chi connectivity index (χ1n) is 7.30. The number of aliphatic hydroxyl groups is 1. The number of hydrogen-bond acceptors (Lipinski definition) is 4. The monoisotopic (exact) mass is 327 g/mol. The lowest BCUT2D eigenvalue weighted by Crippen LogP contribution is -2.37. The summed E-state index contributed by atoms with van der Waals surface area (Å²) in [7, 11) is 0. The van der Waals surface area contributed by atoms with Gasteiger partial charge in [0.05, 0.1) is 12.1 Å². The van der Waals surface area contributed by atoms with Gasteiger partial charge in [0.25, 0.3) is 0 Å². The van der Waals surface area contributed by atoms with Crippen LogP contribution in [0.2, 0.25) is 0 Å². The molecule has 0 radical (unpaired) electrons. The maximum absolute atomic E-state index is 11.9. The summed E-state index contributed by atoms with van der Waals surface area (Å²) < 4.78 is 0. The molecular weight excluding hydrogens is 310 g/mol. The second-order valence-electron chi connectivity index (χ2n) is 5.09. The van der Waals surface area contributed by atoms with Crippen molar-refractivity contribution in [1.29, 1.82) is 0 Å². The lowest BCUT2D eigenvalue weighted by molar-refractivity contribution is 0.176. The van der Waals surface area contributed by atoms with Crippen LogP contribution in [0.5, 0.6) is 0 Å². The van der Waals surface area contributed by atoms with Crippen molar-refractivity contribution in [2.24, 2.45) is 0 Å². The minimum absolute atomic E-state index is 0.181. The zero-order valence-electron chi connectivity index (χ0n) is 12.4. The highest BCUT2D eigenvalue weighted by molar-refractivity contribution is 7.10. The molecule has 3 rings (SSSR count). The van der Waals surface area contributed by atoms with E-state index in [0.717, 1.165) is 21.3 Å². The molecule has 118 valence electrons. The fourth-order valence-corrected chi connectivity index (χ4v) is 3.03. The molecule has 0 spiro atoms. The van der Waals surface area contributed by atoms with Crippen molar-refractivity contribution in [3.8, 4) is 0 Å². The highest BCUT2D eigenvalue weighted by Crippen LogP contribution is 2.18. The van der Waals surface area contributed by atoms with E-state index < -0.39 is 6.10 Å². The molecule has 6 heteroatoms. The van der Waals surface area contributed by atoms with Crippen LogP contribution < -0.4 is 10.6 Å². The first-order valence-corrected chi connectivity index (χ1v) is 8.18. The molecule has 5 nitrogen and oxygen atoms in total. The third-order valence-corrected chi connectivity index (χ3v) is 4.46. The highest BCUT2D eigenvalue weighted by atomic mass is 32.1. The number of carbonyl (C=O) groups excluding carboxylic acids is 1. The van der Waals surface area contributed by atoms with Crippen molar-refractivity contribution < 1.29 is 9.90 Å². The fraction of sp³-hybridized carbons (Fsp3) is 0.176. The van der Waals surface area contributed by atoms with Gasteiger partial charge in [-0.15, -0.1) is 11.3 Å². The van der Waals surface area contributed by atoms with E-state index in [1.807, 2.05) is 47.8 Å². The van der Waals surface area contributed by atoms with E-state index >= 15 is 0 Å². The molecule has 2 heterocycles. The van der Waals surface area contributed by atoms with Crippen LogP contribution >= 0.6 is 11.3 Å². The van der Waals surface area contributed by atoms with Crippen molar-refractivity contribution in [2.75, 3.05) is 6.54 Å². The number of aromatic nitrogens is 1. The van der Waals surface area contributed by atoms with Crippen molar-refractivity contribution in [3.05, 3.63) is 64.5 Å². The predicted octanol–water partition coefficient (Wildman–Crippen LogP) is 2.83. The minimum atomic E-state index is -0.681. The predicted molar refractivity (Wildman–Crippen MR) is 91.3 cm³/mol. The minimum Gasteiger partial charge on any atom is -0.386 e. The number of carbonyl (C=O) groups is 1. The van der Waals surface area contributed by atoms with E-state index in [-0.39, 0.29) is 12.6 Å². The summed E-state index contributed by atoms with van der Waals surface area (Å²) in [6, 6.07) is 13.2. The summed E-state index contributed by atoms with van der Waals surface area (Å²) in [6.07, 6.45) is 1.06. The number of nitrogens with one attached hydrogen (secondary N) is 2. The summed E-state index contributed by atoms with van der Waals surface area (Å²) in [6.45, 7) is 0.565. The molecule has 0 aliphatic heterocycles. The number of aliphatic hydroxyl groups excluding tert-OH is 1. The van der Waals surface area contributed by atoms with Gasteiger partial charge in [0.2, 0.25) is 0 Å². The summed E-state index contributed by atoms with van der Waals surface area (Å²) in [5, 5.41) is 18.3. The van der Waals surface area contributed by atoms with Crippen LogP contribution in [0.1, 0.15) is 16.5 Å². The first-order chi connectivity index (χ1) is 11.2. The number of rotatable bonds is 5. The molecule has 0 aliphatic rings. The second-order valence-corrected chi connectivity index (χ2v) is 6.07. The van der Waals surface area contributed by atoms with Crippen LogP contribution in [-0.4, -0.2) is 22.7 Å². The Morgan fingerprint density at radius 1 is 1.17 bits per heavy atom. The maximum Gasteiger partial charge on any atom is 0.315 e. The standard InChI is InChI=1S/C17H17N3O2S/c21-14(15-7-3-9-23-15)11-20-17(22)19-10-13-5-1-4-12-6-2-8-18-16(12)13/h1-9,14,21H,10-11H2,(H2,19,20,22)/t14-/m1/s1. The van der Waals surface area contributed by atoms with Gasteiger partial charge in [-0.05, 0) is 23.1 Å². The van der Waals surface area contributed by atoms with Crippen LogP contribution in [0, 0.1) is 0 Å². The van der Waals surface area contributed by atoms with Gasteiger partial charge >= 0.3 is 6.03 Å². The van der Waals surface area contributed by atoms with Crippen LogP contribution in [0.15, 0.2) is 54.0 Å². The van der Waals surface area contributed by atoms with Crippen molar-refractivity contribution >= 4 is 28.3 Å². The number of fused-ring (bicyclic) bond motifs is 1. The summed E-state index contributed by atoms with van der Waals surface area (Å²) >= 11 is 1.46. The summed E-state index contributed by atoms with van der Waals surface area (Å²) in [4.78, 5) is 17.1. The lowest BCUT2D eigenvalue weighted by Gasteiger charge is -2.12. The molecule has 23 heavy (non-hydrogen) atoms. The molecule has 1 aromatic carbocycles. The van der Waals surface area contributed by atoms with Gasteiger partial charge in [0.1, 0.15) is 6.10 Å². The Kier molecular flexibility index (Phi) is 4.85. The Hall–Kier alpha value is -2.44. The van der Waals surface area contributed by atoms with Gasteiger partial charge in [-0.2, -0.15) is 0 Å². The molecule has 0 bridgehead atoms. The van der Waals surface area contributed by atoms with Gasteiger partial charge < -0.3 is 15.7 Å². The van der Waals surface area contributed by atoms with Crippen molar-refractivity contribution in [2.45, 2.75) is 12.6 Å². The van der Waals surface area contributed by atoms with E-state index in [0.29, 0.717) is 6.54 Å². The quantitative estimate of drug-likeness (QED) is 0.674. The number of hydrogen-bond donors (Lipinski definition) is 3. The normalized spacial score (nSPS) is 12.0. The van der Waals surface area contributed by atoms with Crippen LogP contribution in [0.3, 0.4) is 0 Å². The first kappa shape index (κ1) is 15.5. The molecular formula is C17H17N3O2S. The Morgan fingerprint density at radius 3 is 2.87 bits per heavy atom. The van der Waals surface area contributed by atoms with E-state index in [4.69, 9.17) is 0 Å². The number of urea groups is 1. The van der Waals surface area contributed by atoms with Crippen molar-refractivity contribution in [1.82, 2.24) is 15.6 Å². The maximum atomic E-state index is 11.9. The molecule has 2 amide bonds. The smallest absolute Gasteiger partial charge is 0.315 e. The summed E-state index contributed by atoms with van der Waals surface area (Å²) in [5.74, 6) is 0. The summed E-state index contributed by atoms with van der Waals surface area (Å²) in [5.41, 5.74) is 1.84. The zero-order valence-corrected chi connectivity index (χ0v) is 13.2. The number of thiophene rings is 1. The Morgan fingerprint density at radius 2 is 2.04 bits per heavy atom. The number of nitrogens with zero attached hydrogens (tertiary/aromatic N) is 1. The van der Waals surface area contributed by atoms with E-state index in [1.165, 1.54) is 11.3 Å². The number of para-hydroxylation sites is 1. The molecule has 0 saturated carbocycles. The van der Waals surface area contributed by atoms with Gasteiger partial charge in [0.15, 0.2) is 0 Å². The Balaban J connectivity index is 1.54. The van der Waals surface area contributed by atoms with E-state index in [2.05, 4.69) is 15.6 Å². The largest absolute Gasteiger partial charge is 0.386 e. The van der Waals surface area contributed by atoms with Crippen LogP contribution in [0.25, 0.3) is 10.9 Å².